The van der Waals surface area contributed by atoms with Crippen molar-refractivity contribution < 1.29 is 9.59 Å². The number of amides is 2. The van der Waals surface area contributed by atoms with Crippen molar-refractivity contribution in [3.63, 3.8) is 0 Å². The first kappa shape index (κ1) is 20.4. The summed E-state index contributed by atoms with van der Waals surface area (Å²) in [5, 5.41) is 15.0. The third-order valence-electron chi connectivity index (χ3n) is 4.71. The fourth-order valence-electron chi connectivity index (χ4n) is 3.12. The summed E-state index contributed by atoms with van der Waals surface area (Å²) in [6.45, 7) is 5.93. The Labute approximate surface area is 169 Å². The molecule has 0 bridgehead atoms. The largest absolute Gasteiger partial charge is 0.355 e. The van der Waals surface area contributed by atoms with E-state index in [2.05, 4.69) is 25.7 Å². The van der Waals surface area contributed by atoms with Gasteiger partial charge in [-0.3, -0.25) is 9.59 Å². The third kappa shape index (κ3) is 6.38. The Hall–Kier alpha value is -2.32. The Morgan fingerprint density at radius 3 is 2.64 bits per heavy atom. The Morgan fingerprint density at radius 1 is 1.14 bits per heavy atom. The molecule has 0 saturated carbocycles. The second-order valence-electron chi connectivity index (χ2n) is 7.07. The van der Waals surface area contributed by atoms with Crippen LogP contribution in [0, 0.1) is 6.92 Å². The first-order valence-electron chi connectivity index (χ1n) is 9.79. The number of aromatic nitrogens is 2. The van der Waals surface area contributed by atoms with Gasteiger partial charge < -0.3 is 15.5 Å². The zero-order valence-electron chi connectivity index (χ0n) is 16.2. The molecular formula is C20H27N5O2S. The average molecular weight is 402 g/mol. The number of hydrogen-bond donors (Lipinski definition) is 2. The van der Waals surface area contributed by atoms with Gasteiger partial charge in [-0.2, -0.15) is 0 Å². The maximum absolute atomic E-state index is 12.3. The van der Waals surface area contributed by atoms with Crippen LogP contribution in [0.2, 0.25) is 0 Å². The Balaban J connectivity index is 1.35. The number of carbonyl (C=O) groups is 2. The lowest BCUT2D eigenvalue weighted by Gasteiger charge is -2.14. The SMILES string of the molecule is Cc1ccc(NC(=O)c2nnc(CCCC(=O)NCCN3CCCC3)s2)cc1. The van der Waals surface area contributed by atoms with E-state index < -0.39 is 0 Å². The lowest BCUT2D eigenvalue weighted by atomic mass is 10.2. The van der Waals surface area contributed by atoms with Crippen LogP contribution in [0.4, 0.5) is 5.69 Å². The van der Waals surface area contributed by atoms with Crippen molar-refractivity contribution in [2.24, 2.45) is 0 Å². The lowest BCUT2D eigenvalue weighted by Crippen LogP contribution is -2.33. The minimum atomic E-state index is -0.257. The van der Waals surface area contributed by atoms with E-state index >= 15 is 0 Å². The van der Waals surface area contributed by atoms with Crippen molar-refractivity contribution in [3.8, 4) is 0 Å². The van der Waals surface area contributed by atoms with Gasteiger partial charge in [-0.1, -0.05) is 29.0 Å². The van der Waals surface area contributed by atoms with Crippen molar-refractivity contribution in [3.05, 3.63) is 39.8 Å². The molecule has 28 heavy (non-hydrogen) atoms. The van der Waals surface area contributed by atoms with Crippen LogP contribution >= 0.6 is 11.3 Å². The summed E-state index contributed by atoms with van der Waals surface area (Å²) < 4.78 is 0. The minimum Gasteiger partial charge on any atom is -0.355 e. The second kappa shape index (κ2) is 10.3. The molecule has 1 aliphatic rings. The highest BCUT2D eigenvalue weighted by molar-refractivity contribution is 7.13. The monoisotopic (exact) mass is 401 g/mol. The molecule has 7 nitrogen and oxygen atoms in total. The van der Waals surface area contributed by atoms with E-state index in [-0.39, 0.29) is 11.8 Å². The van der Waals surface area contributed by atoms with Crippen LogP contribution in [0.5, 0.6) is 0 Å². The normalized spacial score (nSPS) is 14.2. The van der Waals surface area contributed by atoms with E-state index in [0.717, 1.165) is 35.9 Å². The molecule has 2 N–H and O–H groups in total. The highest BCUT2D eigenvalue weighted by Crippen LogP contribution is 2.15. The molecule has 0 atom stereocenters. The van der Waals surface area contributed by atoms with Crippen LogP contribution in [0.25, 0.3) is 0 Å². The topological polar surface area (TPSA) is 87.2 Å². The van der Waals surface area contributed by atoms with Gasteiger partial charge >= 0.3 is 0 Å². The predicted octanol–water partition coefficient (Wildman–Crippen LogP) is 2.63. The maximum Gasteiger partial charge on any atom is 0.286 e. The van der Waals surface area contributed by atoms with E-state index in [1.807, 2.05) is 31.2 Å². The number of anilines is 1. The van der Waals surface area contributed by atoms with Gasteiger partial charge in [0.15, 0.2) is 0 Å². The molecule has 2 heterocycles. The van der Waals surface area contributed by atoms with Crippen molar-refractivity contribution in [2.75, 3.05) is 31.5 Å². The van der Waals surface area contributed by atoms with Crippen molar-refractivity contribution >= 4 is 28.8 Å². The molecule has 0 radical (unpaired) electrons. The molecule has 1 fully saturated rings. The Bertz CT molecular complexity index is 784. The lowest BCUT2D eigenvalue weighted by molar-refractivity contribution is -0.121. The number of rotatable bonds is 9. The zero-order valence-corrected chi connectivity index (χ0v) is 17.1. The molecule has 3 rings (SSSR count). The van der Waals surface area contributed by atoms with Crippen molar-refractivity contribution in [2.45, 2.75) is 39.0 Å². The number of aryl methyl sites for hydroxylation is 2. The molecule has 2 aromatic rings. The van der Waals surface area contributed by atoms with Gasteiger partial charge in [0.05, 0.1) is 0 Å². The number of likely N-dealkylation sites (tertiary alicyclic amines) is 1. The van der Waals surface area contributed by atoms with E-state index in [0.29, 0.717) is 30.8 Å². The van der Waals surface area contributed by atoms with E-state index in [1.54, 1.807) is 0 Å². The van der Waals surface area contributed by atoms with Crippen molar-refractivity contribution in [1.29, 1.82) is 0 Å². The molecule has 0 aliphatic carbocycles. The molecule has 1 aromatic heterocycles. The standard InChI is InChI=1S/C20H27N5O2S/c1-15-7-9-16(10-8-15)22-19(27)20-24-23-18(28-20)6-4-5-17(26)21-11-14-25-12-2-3-13-25/h7-10H,2-6,11-14H2,1H3,(H,21,26)(H,22,27). The quantitative estimate of drug-likeness (QED) is 0.674. The number of nitrogens with one attached hydrogen (secondary N) is 2. The number of carbonyl (C=O) groups excluding carboxylic acids is 2. The molecule has 1 saturated heterocycles. The van der Waals surface area contributed by atoms with Crippen molar-refractivity contribution in [1.82, 2.24) is 20.4 Å². The molecule has 1 aliphatic heterocycles. The van der Waals surface area contributed by atoms with E-state index in [4.69, 9.17) is 0 Å². The first-order valence-corrected chi connectivity index (χ1v) is 10.6. The summed E-state index contributed by atoms with van der Waals surface area (Å²) in [6, 6.07) is 7.60. The number of benzene rings is 1. The minimum absolute atomic E-state index is 0.0704. The molecule has 0 unspecified atom stereocenters. The van der Waals surface area contributed by atoms with Crippen LogP contribution in [-0.4, -0.2) is 53.1 Å². The molecule has 8 heteroatoms. The van der Waals surface area contributed by atoms with Gasteiger partial charge in [0.1, 0.15) is 5.01 Å². The summed E-state index contributed by atoms with van der Waals surface area (Å²) in [4.78, 5) is 26.6. The second-order valence-corrected chi connectivity index (χ2v) is 8.14. The van der Waals surface area contributed by atoms with Gasteiger partial charge in [-0.05, 0) is 51.4 Å². The highest BCUT2D eigenvalue weighted by atomic mass is 32.1. The molecule has 0 spiro atoms. The molecular weight excluding hydrogens is 374 g/mol. The Morgan fingerprint density at radius 2 is 1.89 bits per heavy atom. The molecule has 2 amide bonds. The summed E-state index contributed by atoms with van der Waals surface area (Å²) in [7, 11) is 0. The van der Waals surface area contributed by atoms with Gasteiger partial charge in [-0.15, -0.1) is 10.2 Å². The fraction of sp³-hybridized carbons (Fsp3) is 0.500. The van der Waals surface area contributed by atoms with Crippen LogP contribution < -0.4 is 10.6 Å². The van der Waals surface area contributed by atoms with Gasteiger partial charge in [0.25, 0.3) is 5.91 Å². The first-order chi connectivity index (χ1) is 13.6. The van der Waals surface area contributed by atoms with Crippen LogP contribution in [0.15, 0.2) is 24.3 Å². The van der Waals surface area contributed by atoms with Gasteiger partial charge in [-0.25, -0.2) is 0 Å². The predicted molar refractivity (Wildman–Crippen MR) is 111 cm³/mol. The van der Waals surface area contributed by atoms with Gasteiger partial charge in [0, 0.05) is 31.6 Å². The maximum atomic E-state index is 12.3. The zero-order chi connectivity index (χ0) is 19.8. The summed E-state index contributed by atoms with van der Waals surface area (Å²) in [6.07, 6.45) is 4.34. The number of nitrogens with zero attached hydrogens (tertiary/aromatic N) is 3. The summed E-state index contributed by atoms with van der Waals surface area (Å²) in [5.74, 6) is -0.187. The highest BCUT2D eigenvalue weighted by Gasteiger charge is 2.14. The van der Waals surface area contributed by atoms with E-state index in [1.165, 1.54) is 24.2 Å². The number of hydrogen-bond acceptors (Lipinski definition) is 6. The fourth-order valence-corrected chi connectivity index (χ4v) is 3.89. The summed E-state index contributed by atoms with van der Waals surface area (Å²) >= 11 is 1.28. The third-order valence-corrected chi connectivity index (χ3v) is 5.70. The van der Waals surface area contributed by atoms with Crippen LogP contribution in [0.3, 0.4) is 0 Å². The average Bonchev–Trinajstić information content (AvgIpc) is 3.36. The molecule has 150 valence electrons. The molecule has 1 aromatic carbocycles. The van der Waals surface area contributed by atoms with Crippen LogP contribution in [0.1, 0.15) is 46.1 Å². The van der Waals surface area contributed by atoms with Gasteiger partial charge in [0.2, 0.25) is 10.9 Å². The smallest absolute Gasteiger partial charge is 0.286 e. The summed E-state index contributed by atoms with van der Waals surface area (Å²) in [5.41, 5.74) is 1.87. The Kier molecular flexibility index (Phi) is 7.50. The van der Waals surface area contributed by atoms with Crippen LogP contribution in [-0.2, 0) is 11.2 Å². The van der Waals surface area contributed by atoms with E-state index in [9.17, 15) is 9.59 Å².